The zero-order valence-electron chi connectivity index (χ0n) is 13.5. The smallest absolute Gasteiger partial charge is 0.219 e. The molecule has 1 N–H and O–H groups in total. The van der Waals surface area contributed by atoms with Crippen molar-refractivity contribution in [1.29, 1.82) is 0 Å². The van der Waals surface area contributed by atoms with Gasteiger partial charge in [-0.2, -0.15) is 0 Å². The van der Waals surface area contributed by atoms with Crippen LogP contribution in [-0.2, 0) is 14.3 Å². The van der Waals surface area contributed by atoms with E-state index in [1.165, 1.54) is 0 Å². The highest BCUT2D eigenvalue weighted by atomic mass is 16.5. The number of hydrogen-bond acceptors (Lipinski definition) is 3. The Labute approximate surface area is 118 Å². The standard InChI is InChI=1S/C15H31NO3/c1-7-13(17)16-11-9-14(3,4)19-12-10-15(5,6)18-8-2/h7-12H2,1-6H3,(H,16,17). The molecule has 0 unspecified atom stereocenters. The van der Waals surface area contributed by atoms with Crippen LogP contribution in [0.25, 0.3) is 0 Å². The van der Waals surface area contributed by atoms with Crippen molar-refractivity contribution in [3.63, 3.8) is 0 Å². The average molecular weight is 273 g/mol. The summed E-state index contributed by atoms with van der Waals surface area (Å²) in [6, 6.07) is 0. The Morgan fingerprint density at radius 1 is 1.00 bits per heavy atom. The van der Waals surface area contributed by atoms with E-state index in [0.717, 1.165) is 19.4 Å². The first-order valence-corrected chi connectivity index (χ1v) is 7.27. The fourth-order valence-corrected chi connectivity index (χ4v) is 1.74. The number of carbonyl (C=O) groups is 1. The number of carbonyl (C=O) groups excluding carboxylic acids is 1. The molecular weight excluding hydrogens is 242 g/mol. The van der Waals surface area contributed by atoms with Gasteiger partial charge < -0.3 is 14.8 Å². The molecule has 0 aromatic rings. The van der Waals surface area contributed by atoms with Gasteiger partial charge >= 0.3 is 0 Å². The second-order valence-electron chi connectivity index (χ2n) is 6.00. The van der Waals surface area contributed by atoms with E-state index in [9.17, 15) is 4.79 Å². The summed E-state index contributed by atoms with van der Waals surface area (Å²) in [6.07, 6.45) is 2.21. The van der Waals surface area contributed by atoms with Gasteiger partial charge in [0.25, 0.3) is 0 Å². The van der Waals surface area contributed by atoms with Crippen molar-refractivity contribution in [2.45, 2.75) is 72.0 Å². The maximum absolute atomic E-state index is 11.1. The largest absolute Gasteiger partial charge is 0.376 e. The molecule has 4 heteroatoms. The van der Waals surface area contributed by atoms with E-state index in [-0.39, 0.29) is 17.1 Å². The van der Waals surface area contributed by atoms with Crippen LogP contribution in [0.4, 0.5) is 0 Å². The highest BCUT2D eigenvalue weighted by Gasteiger charge is 2.22. The Hall–Kier alpha value is -0.610. The summed E-state index contributed by atoms with van der Waals surface area (Å²) in [4.78, 5) is 11.1. The van der Waals surface area contributed by atoms with Gasteiger partial charge in [-0.1, -0.05) is 6.92 Å². The Morgan fingerprint density at radius 3 is 2.11 bits per heavy atom. The van der Waals surface area contributed by atoms with E-state index < -0.39 is 0 Å². The summed E-state index contributed by atoms with van der Waals surface area (Å²) in [6.45, 7) is 14.2. The van der Waals surface area contributed by atoms with Crippen molar-refractivity contribution in [2.24, 2.45) is 0 Å². The lowest BCUT2D eigenvalue weighted by Crippen LogP contribution is -2.34. The van der Waals surface area contributed by atoms with Gasteiger partial charge in [-0.15, -0.1) is 0 Å². The number of hydrogen-bond donors (Lipinski definition) is 1. The fourth-order valence-electron chi connectivity index (χ4n) is 1.74. The van der Waals surface area contributed by atoms with Crippen LogP contribution in [0.2, 0.25) is 0 Å². The number of nitrogens with one attached hydrogen (secondary N) is 1. The molecule has 0 saturated heterocycles. The second kappa shape index (κ2) is 8.54. The van der Waals surface area contributed by atoms with Crippen LogP contribution in [0.1, 0.15) is 60.8 Å². The van der Waals surface area contributed by atoms with E-state index >= 15 is 0 Å². The molecule has 0 saturated carbocycles. The van der Waals surface area contributed by atoms with Gasteiger partial charge in [0.15, 0.2) is 0 Å². The predicted octanol–water partition coefficient (Wildman–Crippen LogP) is 2.90. The SMILES string of the molecule is CCOC(C)(C)CCOC(C)(C)CCNC(=O)CC. The molecule has 0 bridgehead atoms. The van der Waals surface area contributed by atoms with Crippen LogP contribution < -0.4 is 5.32 Å². The Morgan fingerprint density at radius 2 is 1.58 bits per heavy atom. The lowest BCUT2D eigenvalue weighted by Gasteiger charge is -2.29. The Balaban J connectivity index is 3.87. The first-order valence-electron chi connectivity index (χ1n) is 7.27. The molecule has 0 spiro atoms. The normalized spacial score (nSPS) is 12.5. The van der Waals surface area contributed by atoms with Crippen molar-refractivity contribution < 1.29 is 14.3 Å². The van der Waals surface area contributed by atoms with Gasteiger partial charge in [-0.25, -0.2) is 0 Å². The molecule has 0 aliphatic carbocycles. The van der Waals surface area contributed by atoms with Gasteiger partial charge in [0, 0.05) is 19.6 Å². The number of ether oxygens (including phenoxy) is 2. The molecule has 0 radical (unpaired) electrons. The molecule has 4 nitrogen and oxygen atoms in total. The maximum Gasteiger partial charge on any atom is 0.219 e. The third-order valence-electron chi connectivity index (χ3n) is 3.10. The van der Waals surface area contributed by atoms with E-state index in [1.807, 2.05) is 13.8 Å². The minimum Gasteiger partial charge on any atom is -0.376 e. The molecule has 0 heterocycles. The molecule has 114 valence electrons. The molecule has 1 amide bonds. The van der Waals surface area contributed by atoms with E-state index in [0.29, 0.717) is 19.6 Å². The Kier molecular flexibility index (Phi) is 8.26. The monoisotopic (exact) mass is 273 g/mol. The van der Waals surface area contributed by atoms with Crippen molar-refractivity contribution in [1.82, 2.24) is 5.32 Å². The van der Waals surface area contributed by atoms with Gasteiger partial charge in [0.05, 0.1) is 17.8 Å². The minimum absolute atomic E-state index is 0.0910. The molecule has 19 heavy (non-hydrogen) atoms. The van der Waals surface area contributed by atoms with Crippen LogP contribution >= 0.6 is 0 Å². The summed E-state index contributed by atoms with van der Waals surface area (Å²) in [5.74, 6) is 0.0910. The van der Waals surface area contributed by atoms with Gasteiger partial charge in [-0.3, -0.25) is 4.79 Å². The van der Waals surface area contributed by atoms with Gasteiger partial charge in [0.1, 0.15) is 0 Å². The van der Waals surface area contributed by atoms with E-state index in [2.05, 4.69) is 33.0 Å². The summed E-state index contributed by atoms with van der Waals surface area (Å²) in [5.41, 5.74) is -0.357. The predicted molar refractivity (Wildman–Crippen MR) is 78.3 cm³/mol. The fraction of sp³-hybridized carbons (Fsp3) is 0.933. The van der Waals surface area contributed by atoms with Crippen molar-refractivity contribution in [3.05, 3.63) is 0 Å². The first kappa shape index (κ1) is 18.4. The lowest BCUT2D eigenvalue weighted by molar-refractivity contribution is -0.121. The van der Waals surface area contributed by atoms with E-state index in [1.54, 1.807) is 0 Å². The molecule has 0 atom stereocenters. The summed E-state index contributed by atoms with van der Waals surface area (Å²) in [7, 11) is 0. The molecule has 0 aromatic heterocycles. The molecule has 0 aliphatic heterocycles. The van der Waals surface area contributed by atoms with Crippen LogP contribution in [0.3, 0.4) is 0 Å². The zero-order valence-corrected chi connectivity index (χ0v) is 13.5. The topological polar surface area (TPSA) is 47.6 Å². The van der Waals surface area contributed by atoms with Crippen LogP contribution in [-0.4, -0.2) is 36.9 Å². The lowest BCUT2D eigenvalue weighted by atomic mass is 10.0. The van der Waals surface area contributed by atoms with Crippen LogP contribution in [0, 0.1) is 0 Å². The Bertz CT molecular complexity index is 262. The van der Waals surface area contributed by atoms with Crippen molar-refractivity contribution in [3.8, 4) is 0 Å². The van der Waals surface area contributed by atoms with Crippen LogP contribution in [0.5, 0.6) is 0 Å². The van der Waals surface area contributed by atoms with E-state index in [4.69, 9.17) is 9.47 Å². The molecular formula is C15H31NO3. The zero-order chi connectivity index (χ0) is 14.9. The third kappa shape index (κ3) is 9.91. The first-order chi connectivity index (χ1) is 8.72. The maximum atomic E-state index is 11.1. The average Bonchev–Trinajstić information content (AvgIpc) is 2.27. The highest BCUT2D eigenvalue weighted by molar-refractivity contribution is 5.75. The molecule has 0 fully saturated rings. The highest BCUT2D eigenvalue weighted by Crippen LogP contribution is 2.19. The second-order valence-corrected chi connectivity index (χ2v) is 6.00. The number of rotatable bonds is 10. The van der Waals surface area contributed by atoms with Crippen molar-refractivity contribution in [2.75, 3.05) is 19.8 Å². The molecule has 0 aliphatic rings. The molecule has 0 aromatic carbocycles. The van der Waals surface area contributed by atoms with Gasteiger partial charge in [-0.05, 0) is 47.5 Å². The van der Waals surface area contributed by atoms with Gasteiger partial charge in [0.2, 0.25) is 5.91 Å². The minimum atomic E-state index is -0.219. The molecule has 0 rings (SSSR count). The third-order valence-corrected chi connectivity index (χ3v) is 3.10. The summed E-state index contributed by atoms with van der Waals surface area (Å²) < 4.78 is 11.5. The number of amides is 1. The van der Waals surface area contributed by atoms with Crippen molar-refractivity contribution >= 4 is 5.91 Å². The summed E-state index contributed by atoms with van der Waals surface area (Å²) >= 11 is 0. The quantitative estimate of drug-likeness (QED) is 0.666. The van der Waals surface area contributed by atoms with Crippen LogP contribution in [0.15, 0.2) is 0 Å². The summed E-state index contributed by atoms with van der Waals surface area (Å²) in [5, 5.41) is 2.87.